The van der Waals surface area contributed by atoms with E-state index in [1.807, 2.05) is 36.4 Å². The summed E-state index contributed by atoms with van der Waals surface area (Å²) < 4.78 is 27.1. The van der Waals surface area contributed by atoms with Gasteiger partial charge in [-0.2, -0.15) is 0 Å². The fourth-order valence-corrected chi connectivity index (χ4v) is 2.89. The van der Waals surface area contributed by atoms with Crippen LogP contribution in [0.25, 0.3) is 11.3 Å². The summed E-state index contributed by atoms with van der Waals surface area (Å²) in [4.78, 5) is 8.55. The quantitative estimate of drug-likeness (QED) is 0.288. The van der Waals surface area contributed by atoms with Crippen molar-refractivity contribution < 1.29 is 8.78 Å². The molecule has 0 aliphatic carbocycles. The molecule has 0 amide bonds. The molecule has 2 N–H and O–H groups in total. The summed E-state index contributed by atoms with van der Waals surface area (Å²) in [5, 5.41) is 6.34. The molecule has 0 spiro atoms. The molecule has 0 aliphatic rings. The number of benzene rings is 2. The molecule has 3 aromatic rings. The lowest BCUT2D eigenvalue weighted by Gasteiger charge is -2.19. The van der Waals surface area contributed by atoms with Gasteiger partial charge in [0.05, 0.1) is 11.7 Å². The molecular formula is C22H23F2IN4. The Morgan fingerprint density at radius 1 is 1.07 bits per heavy atom. The predicted molar refractivity (Wildman–Crippen MR) is 123 cm³/mol. The zero-order valence-corrected chi connectivity index (χ0v) is 18.5. The number of aliphatic imine (C=N–C) groups is 1. The van der Waals surface area contributed by atoms with Crippen molar-refractivity contribution in [3.05, 3.63) is 89.6 Å². The summed E-state index contributed by atoms with van der Waals surface area (Å²) in [5.41, 5.74) is 3.38. The van der Waals surface area contributed by atoms with E-state index in [-0.39, 0.29) is 30.0 Å². The largest absolute Gasteiger partial charge is 0.352 e. The van der Waals surface area contributed by atoms with Gasteiger partial charge >= 0.3 is 0 Å². The lowest BCUT2D eigenvalue weighted by Crippen LogP contribution is -2.38. The Balaban J connectivity index is 0.00000300. The Labute approximate surface area is 186 Å². The van der Waals surface area contributed by atoms with E-state index in [9.17, 15) is 8.78 Å². The third kappa shape index (κ3) is 6.22. The van der Waals surface area contributed by atoms with Gasteiger partial charge in [-0.25, -0.2) is 8.78 Å². The first-order chi connectivity index (χ1) is 13.6. The van der Waals surface area contributed by atoms with E-state index in [1.165, 1.54) is 12.1 Å². The minimum atomic E-state index is -0.594. The van der Waals surface area contributed by atoms with Gasteiger partial charge in [0.2, 0.25) is 0 Å². The highest BCUT2D eigenvalue weighted by Crippen LogP contribution is 2.19. The Morgan fingerprint density at radius 3 is 2.59 bits per heavy atom. The van der Waals surface area contributed by atoms with Crippen LogP contribution in [0.1, 0.15) is 24.1 Å². The lowest BCUT2D eigenvalue weighted by molar-refractivity contribution is 0.551. The molecule has 0 saturated heterocycles. The van der Waals surface area contributed by atoms with Crippen molar-refractivity contribution in [2.45, 2.75) is 19.5 Å². The summed E-state index contributed by atoms with van der Waals surface area (Å²) >= 11 is 0. The standard InChI is InChI=1S/C22H22F2N4.HI/c1-15(19-10-9-18(23)13-20(19)24)28-22(25-2)27-14-16-6-5-7-17(12-16)21-8-3-4-11-26-21;/h3-13,15H,14H2,1-2H3,(H2,25,27,28);1H. The van der Waals surface area contributed by atoms with Crippen LogP contribution in [0.5, 0.6) is 0 Å². The number of rotatable bonds is 5. The van der Waals surface area contributed by atoms with E-state index in [1.54, 1.807) is 20.2 Å². The van der Waals surface area contributed by atoms with Crippen LogP contribution in [-0.2, 0) is 6.54 Å². The molecule has 0 fully saturated rings. The number of hydrogen-bond donors (Lipinski definition) is 2. The van der Waals surface area contributed by atoms with Gasteiger partial charge in [-0.3, -0.25) is 9.98 Å². The Kier molecular flexibility index (Phi) is 8.50. The average molecular weight is 508 g/mol. The average Bonchev–Trinajstić information content (AvgIpc) is 2.71. The highest BCUT2D eigenvalue weighted by Gasteiger charge is 2.13. The number of hydrogen-bond acceptors (Lipinski definition) is 2. The molecule has 1 unspecified atom stereocenters. The molecule has 1 atom stereocenters. The summed E-state index contributed by atoms with van der Waals surface area (Å²) in [6.45, 7) is 2.34. The third-order valence-electron chi connectivity index (χ3n) is 4.35. The summed E-state index contributed by atoms with van der Waals surface area (Å²) in [7, 11) is 1.65. The summed E-state index contributed by atoms with van der Waals surface area (Å²) in [5.74, 6) is -0.651. The van der Waals surface area contributed by atoms with Crippen LogP contribution < -0.4 is 10.6 Å². The van der Waals surface area contributed by atoms with Crippen molar-refractivity contribution >= 4 is 29.9 Å². The Bertz CT molecular complexity index is 964. The van der Waals surface area contributed by atoms with E-state index in [0.29, 0.717) is 18.1 Å². The van der Waals surface area contributed by atoms with Crippen molar-refractivity contribution in [3.8, 4) is 11.3 Å². The molecule has 0 radical (unpaired) electrons. The molecule has 0 aliphatic heterocycles. The van der Waals surface area contributed by atoms with Gasteiger partial charge < -0.3 is 10.6 Å². The van der Waals surface area contributed by atoms with Crippen molar-refractivity contribution in [1.82, 2.24) is 15.6 Å². The molecule has 7 heteroatoms. The zero-order valence-electron chi connectivity index (χ0n) is 16.2. The first-order valence-corrected chi connectivity index (χ1v) is 8.99. The van der Waals surface area contributed by atoms with Gasteiger partial charge in [-0.05, 0) is 36.8 Å². The molecule has 29 heavy (non-hydrogen) atoms. The second kappa shape index (κ2) is 10.8. The SMILES string of the molecule is CN=C(NCc1cccc(-c2ccccn2)c1)NC(C)c1ccc(F)cc1F.I. The van der Waals surface area contributed by atoms with Crippen molar-refractivity contribution in [1.29, 1.82) is 0 Å². The van der Waals surface area contributed by atoms with E-state index < -0.39 is 11.6 Å². The summed E-state index contributed by atoms with van der Waals surface area (Å²) in [6.07, 6.45) is 1.77. The molecule has 1 aromatic heterocycles. The fourth-order valence-electron chi connectivity index (χ4n) is 2.89. The van der Waals surface area contributed by atoms with Crippen LogP contribution in [0.4, 0.5) is 8.78 Å². The zero-order chi connectivity index (χ0) is 19.9. The maximum atomic E-state index is 14.0. The second-order valence-electron chi connectivity index (χ2n) is 6.37. The van der Waals surface area contributed by atoms with Crippen LogP contribution in [-0.4, -0.2) is 18.0 Å². The number of nitrogens with one attached hydrogen (secondary N) is 2. The van der Waals surface area contributed by atoms with Crippen LogP contribution in [0, 0.1) is 11.6 Å². The van der Waals surface area contributed by atoms with Gasteiger partial charge in [0, 0.05) is 37.0 Å². The normalized spacial score (nSPS) is 12.1. The van der Waals surface area contributed by atoms with Gasteiger partial charge in [-0.15, -0.1) is 24.0 Å². The molecule has 3 rings (SSSR count). The molecule has 0 bridgehead atoms. The van der Waals surface area contributed by atoms with Crippen molar-refractivity contribution in [3.63, 3.8) is 0 Å². The van der Waals surface area contributed by atoms with E-state index in [4.69, 9.17) is 0 Å². The number of nitrogens with zero attached hydrogens (tertiary/aromatic N) is 2. The van der Waals surface area contributed by atoms with Gasteiger partial charge in [-0.1, -0.05) is 30.3 Å². The monoisotopic (exact) mass is 508 g/mol. The van der Waals surface area contributed by atoms with E-state index in [2.05, 4.69) is 26.7 Å². The molecular weight excluding hydrogens is 485 g/mol. The molecule has 1 heterocycles. The number of aromatic nitrogens is 1. The fraction of sp³-hybridized carbons (Fsp3) is 0.182. The maximum Gasteiger partial charge on any atom is 0.191 e. The summed E-state index contributed by atoms with van der Waals surface area (Å²) in [6, 6.07) is 17.1. The Morgan fingerprint density at radius 2 is 1.90 bits per heavy atom. The predicted octanol–water partition coefficient (Wildman–Crippen LogP) is 5.07. The van der Waals surface area contributed by atoms with Gasteiger partial charge in [0.1, 0.15) is 11.6 Å². The van der Waals surface area contributed by atoms with Crippen LogP contribution in [0.3, 0.4) is 0 Å². The van der Waals surface area contributed by atoms with Crippen LogP contribution >= 0.6 is 24.0 Å². The van der Waals surface area contributed by atoms with Crippen LogP contribution in [0.15, 0.2) is 71.9 Å². The van der Waals surface area contributed by atoms with E-state index >= 15 is 0 Å². The first-order valence-electron chi connectivity index (χ1n) is 8.99. The minimum absolute atomic E-state index is 0. The number of halogens is 3. The third-order valence-corrected chi connectivity index (χ3v) is 4.35. The lowest BCUT2D eigenvalue weighted by atomic mass is 10.1. The molecule has 4 nitrogen and oxygen atoms in total. The molecule has 2 aromatic carbocycles. The van der Waals surface area contributed by atoms with Crippen molar-refractivity contribution in [2.75, 3.05) is 7.05 Å². The Hall–Kier alpha value is -2.55. The topological polar surface area (TPSA) is 49.3 Å². The smallest absolute Gasteiger partial charge is 0.191 e. The minimum Gasteiger partial charge on any atom is -0.352 e. The van der Waals surface area contributed by atoms with E-state index in [0.717, 1.165) is 22.9 Å². The maximum absolute atomic E-state index is 14.0. The first kappa shape index (κ1) is 22.7. The van der Waals surface area contributed by atoms with Crippen LogP contribution in [0.2, 0.25) is 0 Å². The molecule has 152 valence electrons. The number of pyridine rings is 1. The highest BCUT2D eigenvalue weighted by atomic mass is 127. The van der Waals surface area contributed by atoms with Crippen molar-refractivity contribution in [2.24, 2.45) is 4.99 Å². The number of guanidine groups is 1. The highest BCUT2D eigenvalue weighted by molar-refractivity contribution is 14.0. The second-order valence-corrected chi connectivity index (χ2v) is 6.37. The van der Waals surface area contributed by atoms with Gasteiger partial charge in [0.25, 0.3) is 0 Å². The van der Waals surface area contributed by atoms with Gasteiger partial charge in [0.15, 0.2) is 5.96 Å². The molecule has 0 saturated carbocycles.